The van der Waals surface area contributed by atoms with Gasteiger partial charge in [0.25, 0.3) is 0 Å². The molecule has 9 atom stereocenters. The molecule has 3 aromatic rings. The van der Waals surface area contributed by atoms with Crippen molar-refractivity contribution in [3.05, 3.63) is 42.6 Å². The molecule has 2 fully saturated rings. The molecular formula is C39H45N3O18. The van der Waals surface area contributed by atoms with Gasteiger partial charge in [-0.05, 0) is 29.0 Å². The van der Waals surface area contributed by atoms with Crippen LogP contribution in [0.2, 0.25) is 0 Å². The Bertz CT molecular complexity index is 2100. The van der Waals surface area contributed by atoms with Crippen molar-refractivity contribution in [1.29, 1.82) is 0 Å². The van der Waals surface area contributed by atoms with Crippen molar-refractivity contribution in [2.45, 2.75) is 110 Å². The summed E-state index contributed by atoms with van der Waals surface area (Å²) in [6, 6.07) is 11.2. The Kier molecular flexibility index (Phi) is 14.4. The third-order valence-corrected chi connectivity index (χ3v) is 9.03. The highest BCUT2D eigenvalue weighted by Gasteiger charge is 2.64. The van der Waals surface area contributed by atoms with Crippen LogP contribution in [0.1, 0.15) is 48.5 Å². The van der Waals surface area contributed by atoms with Crippen LogP contribution in [-0.2, 0) is 87.5 Å². The van der Waals surface area contributed by atoms with Crippen LogP contribution in [0.4, 0.5) is 0 Å². The zero-order valence-electron chi connectivity index (χ0n) is 34.0. The fourth-order valence-electron chi connectivity index (χ4n) is 6.78. The van der Waals surface area contributed by atoms with E-state index in [1.54, 1.807) is 13.3 Å². The van der Waals surface area contributed by atoms with Gasteiger partial charge < -0.3 is 52.1 Å². The quantitative estimate of drug-likeness (QED) is 0.156. The van der Waals surface area contributed by atoms with Crippen LogP contribution >= 0.6 is 0 Å². The standard InChI is InChI=1S/C39H45N3O18/c1-19(43)51-17-32-33(53-21(3)45)35(55-23(5)47)36(56-24(6)48)38(58-32)60-39(18-52-20(2)44)37(57-25(7)49)34(54-22(4)46)31(59-39)16-42-15-30(40-41-42)28-10-9-27-14-29(50-8)12-11-26(27)13-28/h9-15,31-38H,16-18H2,1-8H3/t31-,32-,33-,34-,35+,36-,37+,38-,39+/m1/s1. The lowest BCUT2D eigenvalue weighted by molar-refractivity contribution is -0.384. The van der Waals surface area contributed by atoms with Crippen molar-refractivity contribution in [1.82, 2.24) is 15.0 Å². The molecule has 0 N–H and O–H groups in total. The fourth-order valence-corrected chi connectivity index (χ4v) is 6.78. The smallest absolute Gasteiger partial charge is 0.303 e. The number of carbonyl (C=O) groups excluding carboxylic acids is 7. The van der Waals surface area contributed by atoms with Crippen molar-refractivity contribution >= 4 is 52.6 Å². The second kappa shape index (κ2) is 19.3. The molecular weight excluding hydrogens is 798 g/mol. The summed E-state index contributed by atoms with van der Waals surface area (Å²) in [5, 5.41) is 10.4. The van der Waals surface area contributed by atoms with Crippen molar-refractivity contribution in [2.24, 2.45) is 0 Å². The van der Waals surface area contributed by atoms with Gasteiger partial charge in [0.15, 0.2) is 30.5 Å². The zero-order valence-corrected chi connectivity index (χ0v) is 34.0. The molecule has 5 rings (SSSR count). The molecule has 60 heavy (non-hydrogen) atoms. The first-order valence-electron chi connectivity index (χ1n) is 18.5. The van der Waals surface area contributed by atoms with Crippen molar-refractivity contribution in [3.63, 3.8) is 0 Å². The first kappa shape index (κ1) is 44.9. The van der Waals surface area contributed by atoms with Gasteiger partial charge in [0.2, 0.25) is 12.1 Å². The van der Waals surface area contributed by atoms with E-state index in [0.29, 0.717) is 17.0 Å². The number of nitrogens with zero attached hydrogens (tertiary/aromatic N) is 3. The Morgan fingerprint density at radius 3 is 1.87 bits per heavy atom. The van der Waals surface area contributed by atoms with Crippen LogP contribution in [0.5, 0.6) is 5.75 Å². The fraction of sp³-hybridized carbons (Fsp3) is 0.513. The van der Waals surface area contributed by atoms with Crippen molar-refractivity contribution < 1.29 is 85.7 Å². The molecule has 21 heteroatoms. The van der Waals surface area contributed by atoms with Crippen molar-refractivity contribution in [3.8, 4) is 17.0 Å². The van der Waals surface area contributed by atoms with E-state index in [4.69, 9.17) is 52.1 Å². The number of ether oxygens (including phenoxy) is 11. The lowest BCUT2D eigenvalue weighted by atomic mass is 9.97. The molecule has 0 unspecified atom stereocenters. The highest BCUT2D eigenvalue weighted by atomic mass is 16.8. The number of esters is 7. The normalized spacial score (nSPS) is 26.0. The molecule has 3 heterocycles. The highest BCUT2D eigenvalue weighted by Crippen LogP contribution is 2.42. The SMILES string of the molecule is COc1ccc2cc(-c3cn(C[C@H]4O[C@@](COC(C)=O)(O[C@H]5O[C@H](COC(C)=O)[C@@H](OC(C)=O)[C@H](OC(C)=O)[C@H]5OC(C)=O)[C@@H](OC(C)=O)[C@@H]4OC(C)=O)nn3)ccc2c1. The predicted octanol–water partition coefficient (Wildman–Crippen LogP) is 1.73. The average Bonchev–Trinajstić information content (AvgIpc) is 3.73. The average molecular weight is 844 g/mol. The van der Waals surface area contributed by atoms with E-state index in [0.717, 1.165) is 59.2 Å². The third-order valence-electron chi connectivity index (χ3n) is 9.03. The van der Waals surface area contributed by atoms with Crippen molar-refractivity contribution in [2.75, 3.05) is 20.3 Å². The summed E-state index contributed by atoms with van der Waals surface area (Å²) >= 11 is 0. The van der Waals surface area contributed by atoms with E-state index < -0.39 is 110 Å². The summed E-state index contributed by atoms with van der Waals surface area (Å²) < 4.78 is 64.2. The number of aromatic nitrogens is 3. The molecule has 21 nitrogen and oxygen atoms in total. The van der Waals surface area contributed by atoms with Gasteiger partial charge in [-0.3, -0.25) is 33.6 Å². The molecule has 0 saturated carbocycles. The Morgan fingerprint density at radius 1 is 0.667 bits per heavy atom. The number of methoxy groups -OCH3 is 1. The van der Waals surface area contributed by atoms with E-state index in [9.17, 15) is 33.6 Å². The molecule has 0 aliphatic carbocycles. The molecule has 2 aromatic carbocycles. The molecule has 1 aromatic heterocycles. The van der Waals surface area contributed by atoms with Gasteiger partial charge in [0.1, 0.15) is 36.9 Å². The van der Waals surface area contributed by atoms with Gasteiger partial charge in [0.05, 0.1) is 19.9 Å². The van der Waals surface area contributed by atoms with Crippen LogP contribution in [0.15, 0.2) is 42.6 Å². The van der Waals surface area contributed by atoms with E-state index >= 15 is 0 Å². The number of hydrogen-bond donors (Lipinski definition) is 0. The number of benzene rings is 2. The van der Waals surface area contributed by atoms with Gasteiger partial charge in [-0.25, -0.2) is 4.68 Å². The van der Waals surface area contributed by atoms with Gasteiger partial charge >= 0.3 is 41.8 Å². The lowest BCUT2D eigenvalue weighted by Gasteiger charge is -2.46. The number of rotatable bonds is 15. The molecule has 0 spiro atoms. The van der Waals surface area contributed by atoms with Crippen LogP contribution in [-0.4, -0.2) is 132 Å². The molecule has 2 aliphatic rings. The summed E-state index contributed by atoms with van der Waals surface area (Å²) in [7, 11) is 1.57. The maximum atomic E-state index is 12.8. The highest BCUT2D eigenvalue weighted by molar-refractivity contribution is 5.87. The predicted molar refractivity (Wildman–Crippen MR) is 198 cm³/mol. The third kappa shape index (κ3) is 11.1. The van der Waals surface area contributed by atoms with Gasteiger partial charge in [-0.2, -0.15) is 0 Å². The second-order valence-electron chi connectivity index (χ2n) is 13.8. The Balaban J connectivity index is 1.58. The molecule has 2 saturated heterocycles. The largest absolute Gasteiger partial charge is 0.497 e. The van der Waals surface area contributed by atoms with Gasteiger partial charge in [-0.1, -0.05) is 23.4 Å². The van der Waals surface area contributed by atoms with E-state index in [2.05, 4.69) is 10.3 Å². The van der Waals surface area contributed by atoms with Crippen LogP contribution in [0.25, 0.3) is 22.0 Å². The minimum absolute atomic E-state index is 0.239. The molecule has 0 bridgehead atoms. The topological polar surface area (TPSA) is 252 Å². The Hall–Kier alpha value is -6.19. The molecule has 0 radical (unpaired) electrons. The van der Waals surface area contributed by atoms with Gasteiger partial charge in [0, 0.05) is 54.0 Å². The zero-order chi connectivity index (χ0) is 43.9. The van der Waals surface area contributed by atoms with Crippen LogP contribution < -0.4 is 4.74 Å². The minimum Gasteiger partial charge on any atom is -0.497 e. The summed E-state index contributed by atoms with van der Waals surface area (Å²) in [6.07, 6.45) is -11.4. The molecule has 0 amide bonds. The maximum absolute atomic E-state index is 12.8. The Labute approximate surface area is 342 Å². The molecule has 2 aliphatic heterocycles. The monoisotopic (exact) mass is 843 g/mol. The Morgan fingerprint density at radius 2 is 1.25 bits per heavy atom. The molecule has 324 valence electrons. The van der Waals surface area contributed by atoms with E-state index in [1.165, 1.54) is 4.68 Å². The number of carbonyl (C=O) groups is 7. The second-order valence-corrected chi connectivity index (χ2v) is 13.8. The number of hydrogen-bond acceptors (Lipinski definition) is 20. The number of fused-ring (bicyclic) bond motifs is 1. The summed E-state index contributed by atoms with van der Waals surface area (Å²) in [4.78, 5) is 87.0. The van der Waals surface area contributed by atoms with Gasteiger partial charge in [-0.15, -0.1) is 5.10 Å². The first-order valence-corrected chi connectivity index (χ1v) is 18.5. The minimum atomic E-state index is -2.46. The summed E-state index contributed by atoms with van der Waals surface area (Å²) in [6.45, 7) is 5.69. The summed E-state index contributed by atoms with van der Waals surface area (Å²) in [5.74, 6) is -7.90. The maximum Gasteiger partial charge on any atom is 0.303 e. The van der Waals surface area contributed by atoms with Crippen LogP contribution in [0.3, 0.4) is 0 Å². The summed E-state index contributed by atoms with van der Waals surface area (Å²) in [5.41, 5.74) is 1.16. The first-order chi connectivity index (χ1) is 28.4. The van der Waals surface area contributed by atoms with E-state index in [1.807, 2.05) is 36.4 Å². The van der Waals surface area contributed by atoms with Crippen LogP contribution in [0, 0.1) is 0 Å². The van der Waals surface area contributed by atoms with E-state index in [-0.39, 0.29) is 6.54 Å². The lowest BCUT2D eigenvalue weighted by Crippen LogP contribution is -2.65.